The van der Waals surface area contributed by atoms with Gasteiger partial charge in [0.25, 0.3) is 0 Å². The lowest BCUT2D eigenvalue weighted by molar-refractivity contribution is 0.589. The third-order valence-electron chi connectivity index (χ3n) is 3.47. The Labute approximate surface area is 111 Å². The third-order valence-corrected chi connectivity index (χ3v) is 3.47. The molecule has 2 atom stereocenters. The molecule has 0 amide bonds. The van der Waals surface area contributed by atoms with Crippen molar-refractivity contribution in [2.75, 3.05) is 11.4 Å². The molecule has 0 saturated carbocycles. The number of anilines is 1. The number of hydrogen-bond donors (Lipinski definition) is 1. The van der Waals surface area contributed by atoms with Gasteiger partial charge in [-0.1, -0.05) is 20.3 Å². The van der Waals surface area contributed by atoms with Gasteiger partial charge in [-0.2, -0.15) is 0 Å². The first-order valence-electron chi connectivity index (χ1n) is 7.08. The predicted molar refractivity (Wildman–Crippen MR) is 78.8 cm³/mol. The number of hydrogen-bond acceptors (Lipinski definition) is 3. The number of nitrogens with zero attached hydrogens (tertiary/aromatic N) is 2. The SMILES string of the molecule is CCCCN(c1cc(C(C)N)ccn1)C(C)CC. The number of aromatic nitrogens is 1. The van der Waals surface area contributed by atoms with Gasteiger partial charge >= 0.3 is 0 Å². The summed E-state index contributed by atoms with van der Waals surface area (Å²) >= 11 is 0. The summed E-state index contributed by atoms with van der Waals surface area (Å²) in [5.74, 6) is 1.06. The molecular formula is C15H27N3. The number of pyridine rings is 1. The Balaban J connectivity index is 2.93. The van der Waals surface area contributed by atoms with Crippen LogP contribution in [0.15, 0.2) is 18.3 Å². The van der Waals surface area contributed by atoms with Crippen LogP contribution < -0.4 is 10.6 Å². The van der Waals surface area contributed by atoms with Crippen molar-refractivity contribution < 1.29 is 0 Å². The molecule has 3 nitrogen and oxygen atoms in total. The van der Waals surface area contributed by atoms with E-state index in [1.165, 1.54) is 12.8 Å². The van der Waals surface area contributed by atoms with Gasteiger partial charge < -0.3 is 10.6 Å². The Morgan fingerprint density at radius 2 is 2.06 bits per heavy atom. The summed E-state index contributed by atoms with van der Waals surface area (Å²) in [5.41, 5.74) is 7.10. The molecule has 2 unspecified atom stereocenters. The minimum atomic E-state index is 0.0664. The van der Waals surface area contributed by atoms with Crippen LogP contribution in [0.4, 0.5) is 5.82 Å². The molecule has 1 rings (SSSR count). The van der Waals surface area contributed by atoms with E-state index in [1.54, 1.807) is 0 Å². The molecular weight excluding hydrogens is 222 g/mol. The van der Waals surface area contributed by atoms with Crippen molar-refractivity contribution in [3.63, 3.8) is 0 Å². The van der Waals surface area contributed by atoms with Crippen LogP contribution in [0.3, 0.4) is 0 Å². The first kappa shape index (κ1) is 15.0. The van der Waals surface area contributed by atoms with Crippen molar-refractivity contribution in [2.45, 2.75) is 59.0 Å². The molecule has 0 spiro atoms. The van der Waals surface area contributed by atoms with E-state index in [0.29, 0.717) is 6.04 Å². The van der Waals surface area contributed by atoms with Crippen LogP contribution >= 0.6 is 0 Å². The molecule has 18 heavy (non-hydrogen) atoms. The van der Waals surface area contributed by atoms with E-state index in [9.17, 15) is 0 Å². The van der Waals surface area contributed by atoms with E-state index >= 15 is 0 Å². The Hall–Kier alpha value is -1.09. The average molecular weight is 249 g/mol. The summed E-state index contributed by atoms with van der Waals surface area (Å²) in [5, 5.41) is 0. The summed E-state index contributed by atoms with van der Waals surface area (Å²) in [6.45, 7) is 9.79. The summed E-state index contributed by atoms with van der Waals surface area (Å²) in [6.07, 6.45) is 5.41. The Morgan fingerprint density at radius 3 is 2.61 bits per heavy atom. The molecule has 0 aliphatic carbocycles. The van der Waals surface area contributed by atoms with Crippen LogP contribution in [-0.2, 0) is 0 Å². The largest absolute Gasteiger partial charge is 0.354 e. The first-order chi connectivity index (χ1) is 8.60. The maximum atomic E-state index is 5.95. The normalized spacial score (nSPS) is 14.3. The molecule has 2 N–H and O–H groups in total. The van der Waals surface area contributed by atoms with Gasteiger partial charge in [0.05, 0.1) is 0 Å². The molecule has 0 bridgehead atoms. The van der Waals surface area contributed by atoms with E-state index in [2.05, 4.69) is 36.7 Å². The molecule has 0 radical (unpaired) electrons. The first-order valence-corrected chi connectivity index (χ1v) is 7.08. The van der Waals surface area contributed by atoms with Crippen LogP contribution in [0.1, 0.15) is 58.6 Å². The highest BCUT2D eigenvalue weighted by Gasteiger charge is 2.14. The number of unbranched alkanes of at least 4 members (excludes halogenated alkanes) is 1. The molecule has 0 aliphatic heterocycles. The highest BCUT2D eigenvalue weighted by molar-refractivity contribution is 5.42. The zero-order chi connectivity index (χ0) is 13.5. The van der Waals surface area contributed by atoms with Gasteiger partial charge in [-0.3, -0.25) is 0 Å². The fourth-order valence-corrected chi connectivity index (χ4v) is 1.98. The second-order valence-electron chi connectivity index (χ2n) is 5.04. The van der Waals surface area contributed by atoms with Gasteiger partial charge in [0.15, 0.2) is 0 Å². The molecule has 102 valence electrons. The molecule has 1 heterocycles. The quantitative estimate of drug-likeness (QED) is 0.804. The summed E-state index contributed by atoms with van der Waals surface area (Å²) in [4.78, 5) is 6.91. The summed E-state index contributed by atoms with van der Waals surface area (Å²) in [6, 6.07) is 4.72. The van der Waals surface area contributed by atoms with Crippen molar-refractivity contribution in [1.29, 1.82) is 0 Å². The van der Waals surface area contributed by atoms with Crippen molar-refractivity contribution in [3.8, 4) is 0 Å². The fraction of sp³-hybridized carbons (Fsp3) is 0.667. The zero-order valence-corrected chi connectivity index (χ0v) is 12.2. The molecule has 0 fully saturated rings. The average Bonchev–Trinajstić information content (AvgIpc) is 2.39. The second-order valence-corrected chi connectivity index (χ2v) is 5.04. The van der Waals surface area contributed by atoms with E-state index in [4.69, 9.17) is 5.73 Å². The van der Waals surface area contributed by atoms with Crippen LogP contribution in [0.25, 0.3) is 0 Å². The van der Waals surface area contributed by atoms with Gasteiger partial charge in [-0.15, -0.1) is 0 Å². The molecule has 3 heteroatoms. The lowest BCUT2D eigenvalue weighted by Gasteiger charge is -2.30. The zero-order valence-electron chi connectivity index (χ0n) is 12.2. The van der Waals surface area contributed by atoms with Gasteiger partial charge in [-0.05, 0) is 44.4 Å². The van der Waals surface area contributed by atoms with Gasteiger partial charge in [0, 0.05) is 24.8 Å². The highest BCUT2D eigenvalue weighted by Crippen LogP contribution is 2.20. The Morgan fingerprint density at radius 1 is 1.33 bits per heavy atom. The van der Waals surface area contributed by atoms with E-state index in [1.807, 2.05) is 19.2 Å². The minimum Gasteiger partial charge on any atom is -0.354 e. The highest BCUT2D eigenvalue weighted by atomic mass is 15.2. The van der Waals surface area contributed by atoms with Gasteiger partial charge in [-0.25, -0.2) is 4.98 Å². The van der Waals surface area contributed by atoms with Crippen LogP contribution in [-0.4, -0.2) is 17.6 Å². The lowest BCUT2D eigenvalue weighted by Crippen LogP contribution is -2.34. The van der Waals surface area contributed by atoms with Crippen LogP contribution in [0.5, 0.6) is 0 Å². The van der Waals surface area contributed by atoms with E-state index < -0.39 is 0 Å². The topological polar surface area (TPSA) is 42.1 Å². The maximum absolute atomic E-state index is 5.95. The van der Waals surface area contributed by atoms with Crippen molar-refractivity contribution >= 4 is 5.82 Å². The molecule has 1 aromatic rings. The predicted octanol–water partition coefficient (Wildman–Crippen LogP) is 3.51. The molecule has 0 saturated heterocycles. The number of rotatable bonds is 7. The Kier molecular flexibility index (Phi) is 6.13. The van der Waals surface area contributed by atoms with Gasteiger partial charge in [0.2, 0.25) is 0 Å². The fourth-order valence-electron chi connectivity index (χ4n) is 1.98. The second kappa shape index (κ2) is 7.37. The van der Waals surface area contributed by atoms with Crippen LogP contribution in [0.2, 0.25) is 0 Å². The summed E-state index contributed by atoms with van der Waals surface area (Å²) < 4.78 is 0. The van der Waals surface area contributed by atoms with Crippen molar-refractivity contribution in [2.24, 2.45) is 5.73 Å². The van der Waals surface area contributed by atoms with Crippen LogP contribution in [0, 0.1) is 0 Å². The minimum absolute atomic E-state index is 0.0664. The van der Waals surface area contributed by atoms with E-state index in [0.717, 1.165) is 24.3 Å². The summed E-state index contributed by atoms with van der Waals surface area (Å²) in [7, 11) is 0. The standard InChI is InChI=1S/C15H27N3/c1-5-7-10-18(12(3)6-2)15-11-14(13(4)16)8-9-17-15/h8-9,11-13H,5-7,10,16H2,1-4H3. The third kappa shape index (κ3) is 3.98. The number of nitrogens with two attached hydrogens (primary N) is 1. The van der Waals surface area contributed by atoms with Gasteiger partial charge in [0.1, 0.15) is 5.82 Å². The van der Waals surface area contributed by atoms with Crippen molar-refractivity contribution in [3.05, 3.63) is 23.9 Å². The monoisotopic (exact) mass is 249 g/mol. The Bertz CT molecular complexity index is 349. The lowest BCUT2D eigenvalue weighted by atomic mass is 10.1. The molecule has 1 aromatic heterocycles. The molecule has 0 aliphatic rings. The van der Waals surface area contributed by atoms with Crippen molar-refractivity contribution in [1.82, 2.24) is 4.98 Å². The van der Waals surface area contributed by atoms with E-state index in [-0.39, 0.29) is 6.04 Å². The smallest absolute Gasteiger partial charge is 0.129 e. The molecule has 0 aromatic carbocycles. The maximum Gasteiger partial charge on any atom is 0.129 e.